The van der Waals surface area contributed by atoms with Crippen LogP contribution >= 0.6 is 0 Å². The molecule has 0 saturated heterocycles. The monoisotopic (exact) mass is 289 g/mol. The van der Waals surface area contributed by atoms with Crippen LogP contribution in [0.4, 0.5) is 0 Å². The highest BCUT2D eigenvalue weighted by molar-refractivity contribution is 6.03. The number of carbonyl (C=O) groups excluding carboxylic acids is 2. The van der Waals surface area contributed by atoms with Crippen molar-refractivity contribution < 1.29 is 9.59 Å². The van der Waals surface area contributed by atoms with Crippen LogP contribution in [0.2, 0.25) is 0 Å². The number of carbonyl (C=O) groups is 2. The second-order valence-electron chi connectivity index (χ2n) is 5.75. The first kappa shape index (κ1) is 13.0. The number of amides is 1. The summed E-state index contributed by atoms with van der Waals surface area (Å²) >= 11 is 0. The Bertz CT molecular complexity index is 809. The molecule has 2 heterocycles. The standard InChI is InChI=1S/C19H15NO2/c1-13(21)19-12-11-17(15-9-5-6-10-16(15)19)20(19)18(22)14-7-3-2-4-8-14/h2-12,17H,1H3/t17-,19-/m0/s1. The zero-order valence-electron chi connectivity index (χ0n) is 12.2. The van der Waals surface area contributed by atoms with Gasteiger partial charge in [-0.1, -0.05) is 48.5 Å². The highest BCUT2D eigenvalue weighted by Gasteiger charge is 2.56. The molecule has 1 amide bonds. The molecule has 4 rings (SSSR count). The van der Waals surface area contributed by atoms with Gasteiger partial charge in [0.05, 0.1) is 6.04 Å². The Morgan fingerprint density at radius 3 is 2.41 bits per heavy atom. The molecule has 3 nitrogen and oxygen atoms in total. The smallest absolute Gasteiger partial charge is 0.255 e. The quantitative estimate of drug-likeness (QED) is 0.796. The normalized spacial score (nSPS) is 24.4. The Labute approximate surface area is 128 Å². The summed E-state index contributed by atoms with van der Waals surface area (Å²) in [6.45, 7) is 1.56. The van der Waals surface area contributed by atoms with E-state index in [1.165, 1.54) is 0 Å². The van der Waals surface area contributed by atoms with Gasteiger partial charge in [-0.15, -0.1) is 0 Å². The Hall–Kier alpha value is -2.68. The SMILES string of the molecule is CC(=O)[C@@]12C=C[C@@H](c3ccccc31)N2C(=O)c1ccccc1. The fourth-order valence-corrected chi connectivity index (χ4v) is 3.66. The lowest BCUT2D eigenvalue weighted by Gasteiger charge is -2.33. The second kappa shape index (κ2) is 4.41. The lowest BCUT2D eigenvalue weighted by atomic mass is 9.83. The predicted octanol–water partition coefficient (Wildman–Crippen LogP) is 3.24. The van der Waals surface area contributed by atoms with Crippen LogP contribution in [0.25, 0.3) is 0 Å². The van der Waals surface area contributed by atoms with E-state index < -0.39 is 5.54 Å². The van der Waals surface area contributed by atoms with E-state index in [1.807, 2.05) is 54.6 Å². The summed E-state index contributed by atoms with van der Waals surface area (Å²) in [5, 5.41) is 0. The molecule has 2 aliphatic heterocycles. The number of benzene rings is 2. The molecule has 0 N–H and O–H groups in total. The number of hydrogen-bond acceptors (Lipinski definition) is 2. The zero-order chi connectivity index (χ0) is 15.3. The first-order chi connectivity index (χ1) is 10.7. The van der Waals surface area contributed by atoms with Crippen molar-refractivity contribution in [3.8, 4) is 0 Å². The number of rotatable bonds is 2. The van der Waals surface area contributed by atoms with Gasteiger partial charge in [-0.25, -0.2) is 0 Å². The molecule has 2 aromatic rings. The maximum atomic E-state index is 13.0. The Morgan fingerprint density at radius 1 is 1.00 bits per heavy atom. The van der Waals surface area contributed by atoms with E-state index in [4.69, 9.17) is 0 Å². The summed E-state index contributed by atoms with van der Waals surface area (Å²) in [7, 11) is 0. The van der Waals surface area contributed by atoms with Crippen LogP contribution in [0, 0.1) is 0 Å². The highest BCUT2D eigenvalue weighted by Crippen LogP contribution is 2.53. The minimum atomic E-state index is -0.950. The minimum Gasteiger partial charge on any atom is -0.308 e. The molecule has 3 heteroatoms. The van der Waals surface area contributed by atoms with Crippen LogP contribution in [0.15, 0.2) is 66.7 Å². The zero-order valence-corrected chi connectivity index (χ0v) is 12.2. The third-order valence-electron chi connectivity index (χ3n) is 4.64. The van der Waals surface area contributed by atoms with Crippen molar-refractivity contribution in [1.82, 2.24) is 4.90 Å². The average Bonchev–Trinajstić information content (AvgIpc) is 3.08. The van der Waals surface area contributed by atoms with Gasteiger partial charge in [0, 0.05) is 5.56 Å². The van der Waals surface area contributed by atoms with Gasteiger partial charge in [0.2, 0.25) is 0 Å². The molecular formula is C19H15NO2. The van der Waals surface area contributed by atoms with Crippen molar-refractivity contribution in [2.45, 2.75) is 18.5 Å². The molecule has 2 atom stereocenters. The largest absolute Gasteiger partial charge is 0.308 e. The third-order valence-corrected chi connectivity index (χ3v) is 4.64. The van der Waals surface area contributed by atoms with E-state index in [2.05, 4.69) is 0 Å². The fraction of sp³-hybridized carbons (Fsp3) is 0.158. The topological polar surface area (TPSA) is 37.4 Å². The van der Waals surface area contributed by atoms with Crippen molar-refractivity contribution >= 4 is 11.7 Å². The average molecular weight is 289 g/mol. The van der Waals surface area contributed by atoms with Crippen molar-refractivity contribution in [3.63, 3.8) is 0 Å². The molecule has 108 valence electrons. The van der Waals surface area contributed by atoms with Crippen LogP contribution in [0.3, 0.4) is 0 Å². The summed E-state index contributed by atoms with van der Waals surface area (Å²) in [6, 6.07) is 16.8. The molecule has 0 radical (unpaired) electrons. The third kappa shape index (κ3) is 1.45. The number of Topliss-reactive ketones (excluding diaryl/α,β-unsaturated/α-hetero) is 1. The maximum Gasteiger partial charge on any atom is 0.255 e. The van der Waals surface area contributed by atoms with Crippen LogP contribution in [-0.2, 0) is 10.3 Å². The van der Waals surface area contributed by atoms with E-state index in [0.717, 1.165) is 11.1 Å². The summed E-state index contributed by atoms with van der Waals surface area (Å²) in [4.78, 5) is 27.2. The molecular weight excluding hydrogens is 274 g/mol. The van der Waals surface area contributed by atoms with Gasteiger partial charge in [0.15, 0.2) is 5.78 Å². The first-order valence-corrected chi connectivity index (χ1v) is 7.35. The summed E-state index contributed by atoms with van der Waals surface area (Å²) in [5.41, 5.74) is 1.63. The van der Waals surface area contributed by atoms with Gasteiger partial charge in [0.1, 0.15) is 5.54 Å². The van der Waals surface area contributed by atoms with Crippen molar-refractivity contribution in [2.24, 2.45) is 0 Å². The number of nitrogens with zero attached hydrogens (tertiary/aromatic N) is 1. The summed E-state index contributed by atoms with van der Waals surface area (Å²) in [5.74, 6) is -0.137. The highest BCUT2D eigenvalue weighted by atomic mass is 16.2. The molecule has 2 aromatic carbocycles. The van der Waals surface area contributed by atoms with E-state index in [0.29, 0.717) is 5.56 Å². The van der Waals surface area contributed by atoms with E-state index >= 15 is 0 Å². The predicted molar refractivity (Wildman–Crippen MR) is 83.3 cm³/mol. The van der Waals surface area contributed by atoms with Gasteiger partial charge in [0.25, 0.3) is 5.91 Å². The summed E-state index contributed by atoms with van der Waals surface area (Å²) < 4.78 is 0. The van der Waals surface area contributed by atoms with Crippen LogP contribution < -0.4 is 0 Å². The Morgan fingerprint density at radius 2 is 1.68 bits per heavy atom. The van der Waals surface area contributed by atoms with E-state index in [-0.39, 0.29) is 17.7 Å². The maximum absolute atomic E-state index is 13.0. The lowest BCUT2D eigenvalue weighted by molar-refractivity contribution is -0.124. The Balaban J connectivity index is 1.89. The van der Waals surface area contributed by atoms with E-state index in [9.17, 15) is 9.59 Å². The number of fused-ring (bicyclic) bond motifs is 5. The molecule has 0 spiro atoms. The minimum absolute atomic E-state index is 0.0273. The van der Waals surface area contributed by atoms with Gasteiger partial charge < -0.3 is 4.90 Å². The van der Waals surface area contributed by atoms with Crippen LogP contribution in [0.1, 0.15) is 34.5 Å². The second-order valence-corrected chi connectivity index (χ2v) is 5.75. The lowest BCUT2D eigenvalue weighted by Crippen LogP contribution is -2.46. The van der Waals surface area contributed by atoms with E-state index in [1.54, 1.807) is 24.0 Å². The van der Waals surface area contributed by atoms with Crippen LogP contribution in [0.5, 0.6) is 0 Å². The first-order valence-electron chi connectivity index (χ1n) is 7.35. The molecule has 0 unspecified atom stereocenters. The van der Waals surface area contributed by atoms with Crippen LogP contribution in [-0.4, -0.2) is 16.6 Å². The van der Waals surface area contributed by atoms with Gasteiger partial charge in [-0.3, -0.25) is 9.59 Å². The molecule has 2 aliphatic rings. The van der Waals surface area contributed by atoms with Crippen molar-refractivity contribution in [1.29, 1.82) is 0 Å². The fourth-order valence-electron chi connectivity index (χ4n) is 3.66. The molecule has 2 bridgehead atoms. The molecule has 0 aromatic heterocycles. The van der Waals surface area contributed by atoms with Crippen molar-refractivity contribution in [2.75, 3.05) is 0 Å². The molecule has 0 fully saturated rings. The van der Waals surface area contributed by atoms with Crippen molar-refractivity contribution in [3.05, 3.63) is 83.4 Å². The molecule has 22 heavy (non-hydrogen) atoms. The molecule has 0 aliphatic carbocycles. The molecule has 0 saturated carbocycles. The number of ketones is 1. The Kier molecular flexibility index (Phi) is 2.61. The van der Waals surface area contributed by atoms with Gasteiger partial charge in [-0.05, 0) is 36.3 Å². The van der Waals surface area contributed by atoms with Gasteiger partial charge in [-0.2, -0.15) is 0 Å². The van der Waals surface area contributed by atoms with Gasteiger partial charge >= 0.3 is 0 Å². The number of hydrogen-bond donors (Lipinski definition) is 0. The summed E-state index contributed by atoms with van der Waals surface area (Å²) in [6.07, 6.45) is 3.84.